The Hall–Kier alpha value is -3.54. The van der Waals surface area contributed by atoms with Gasteiger partial charge in [0.1, 0.15) is 28.7 Å². The number of aliphatic hydroxyl groups excluding tert-OH is 1. The minimum atomic E-state index is -1.61. The second-order valence-electron chi connectivity index (χ2n) is 9.48. The predicted molar refractivity (Wildman–Crippen MR) is 140 cm³/mol. The van der Waals surface area contributed by atoms with Gasteiger partial charge < -0.3 is 30.9 Å². The molecule has 1 amide bonds. The summed E-state index contributed by atoms with van der Waals surface area (Å²) < 4.78 is 34.8. The summed E-state index contributed by atoms with van der Waals surface area (Å²) in [5.41, 5.74) is 5.20. The van der Waals surface area contributed by atoms with E-state index in [4.69, 9.17) is 10.5 Å². The Morgan fingerprint density at radius 1 is 1.30 bits per heavy atom. The standard InChI is InChI=1S/C24H27B2F2N5O4/c1-12-2-5-19(37-24(25,26)36)20(21(12)28)22-30-7-6-16(31-22)23(35)32-17-8-13(27)3-4-18(17)33-10-14(29)9-15(33)11-34/h2-8,14-15,34,36H,9-11,25-26,29H2,1H3,(H,32,35). The lowest BCUT2D eigenvalue weighted by molar-refractivity contribution is 0.0130. The second-order valence-corrected chi connectivity index (χ2v) is 9.48. The molecule has 4 rings (SSSR count). The van der Waals surface area contributed by atoms with E-state index in [1.807, 2.05) is 4.90 Å². The largest absolute Gasteiger partial charge is 0.479 e. The Morgan fingerprint density at radius 2 is 2.05 bits per heavy atom. The molecule has 1 aromatic heterocycles. The quantitative estimate of drug-likeness (QED) is 0.261. The molecule has 37 heavy (non-hydrogen) atoms. The predicted octanol–water partition coefficient (Wildman–Crippen LogP) is 0.129. The fourth-order valence-corrected chi connectivity index (χ4v) is 4.30. The van der Waals surface area contributed by atoms with Crippen LogP contribution in [0.3, 0.4) is 0 Å². The number of amides is 1. The van der Waals surface area contributed by atoms with Crippen molar-refractivity contribution in [2.45, 2.75) is 31.0 Å². The number of benzene rings is 2. The molecule has 9 nitrogen and oxygen atoms in total. The molecule has 1 saturated heterocycles. The van der Waals surface area contributed by atoms with Crippen LogP contribution >= 0.6 is 0 Å². The number of hydrogen-bond donors (Lipinski definition) is 4. The van der Waals surface area contributed by atoms with Gasteiger partial charge in [0.25, 0.3) is 5.91 Å². The van der Waals surface area contributed by atoms with E-state index >= 15 is 4.39 Å². The number of aliphatic hydroxyl groups is 2. The van der Waals surface area contributed by atoms with E-state index in [1.165, 1.54) is 58.3 Å². The first-order valence-electron chi connectivity index (χ1n) is 11.7. The number of carbonyl (C=O) groups excluding carboxylic acids is 1. The molecule has 1 aliphatic rings. The van der Waals surface area contributed by atoms with E-state index in [0.29, 0.717) is 24.2 Å². The second kappa shape index (κ2) is 10.4. The number of nitrogens with one attached hydrogen (secondary N) is 1. The minimum Gasteiger partial charge on any atom is -0.479 e. The highest BCUT2D eigenvalue weighted by Gasteiger charge is 2.31. The molecular weight excluding hydrogens is 482 g/mol. The SMILES string of the molecule is BC(B)(O)Oc1ccc(C)c(F)c1-c1nccc(C(=O)Nc2cc(F)ccc2N2CC(N)CC2CO)n1. The lowest BCUT2D eigenvalue weighted by atomic mass is 9.76. The van der Waals surface area contributed by atoms with Crippen LogP contribution in [0.15, 0.2) is 42.6 Å². The van der Waals surface area contributed by atoms with Gasteiger partial charge in [0, 0.05) is 18.8 Å². The van der Waals surface area contributed by atoms with Crippen molar-refractivity contribution < 1.29 is 28.5 Å². The summed E-state index contributed by atoms with van der Waals surface area (Å²) in [6.45, 7) is 1.83. The van der Waals surface area contributed by atoms with Gasteiger partial charge in [-0.15, -0.1) is 0 Å². The highest BCUT2D eigenvalue weighted by molar-refractivity contribution is 6.37. The van der Waals surface area contributed by atoms with Crippen LogP contribution in [-0.4, -0.2) is 72.6 Å². The van der Waals surface area contributed by atoms with Crippen molar-refractivity contribution in [1.82, 2.24) is 9.97 Å². The minimum absolute atomic E-state index is 0.000919. The van der Waals surface area contributed by atoms with Gasteiger partial charge in [-0.05, 0) is 49.2 Å². The summed E-state index contributed by atoms with van der Waals surface area (Å²) in [5, 5.41) is 22.5. The molecule has 0 spiro atoms. The molecule has 2 atom stereocenters. The molecular formula is C24H27B2F2N5O4. The average molecular weight is 509 g/mol. The molecule has 0 radical (unpaired) electrons. The number of halogens is 2. The third kappa shape index (κ3) is 5.90. The first-order chi connectivity index (χ1) is 17.5. The van der Waals surface area contributed by atoms with Gasteiger partial charge in [-0.25, -0.2) is 18.7 Å². The van der Waals surface area contributed by atoms with Crippen molar-refractivity contribution in [2.24, 2.45) is 5.73 Å². The number of aromatic nitrogens is 2. The van der Waals surface area contributed by atoms with Crippen molar-refractivity contribution in [1.29, 1.82) is 0 Å². The molecule has 0 aliphatic carbocycles. The van der Waals surface area contributed by atoms with Crippen LogP contribution in [0.1, 0.15) is 22.5 Å². The first-order valence-corrected chi connectivity index (χ1v) is 11.7. The monoisotopic (exact) mass is 509 g/mol. The molecule has 0 saturated carbocycles. The van der Waals surface area contributed by atoms with E-state index in [1.54, 1.807) is 6.92 Å². The first kappa shape index (κ1) is 26.5. The van der Waals surface area contributed by atoms with Gasteiger partial charge >= 0.3 is 0 Å². The normalized spacial score (nSPS) is 17.6. The smallest absolute Gasteiger partial charge is 0.274 e. The van der Waals surface area contributed by atoms with Gasteiger partial charge in [-0.2, -0.15) is 0 Å². The molecule has 5 N–H and O–H groups in total. The highest BCUT2D eigenvalue weighted by Crippen LogP contribution is 2.35. The summed E-state index contributed by atoms with van der Waals surface area (Å²) in [6, 6.07) is 7.80. The van der Waals surface area contributed by atoms with Crippen molar-refractivity contribution in [2.75, 3.05) is 23.4 Å². The van der Waals surface area contributed by atoms with Gasteiger partial charge in [-0.1, -0.05) is 6.07 Å². The molecule has 1 fully saturated rings. The van der Waals surface area contributed by atoms with Crippen LogP contribution in [0.5, 0.6) is 5.75 Å². The molecule has 192 valence electrons. The molecule has 0 bridgehead atoms. The number of nitrogens with two attached hydrogens (primary N) is 1. The third-order valence-electron chi connectivity index (χ3n) is 5.94. The van der Waals surface area contributed by atoms with E-state index < -0.39 is 23.1 Å². The molecule has 2 aromatic carbocycles. The zero-order valence-corrected chi connectivity index (χ0v) is 20.7. The van der Waals surface area contributed by atoms with Crippen LogP contribution in [0.2, 0.25) is 0 Å². The Labute approximate surface area is 214 Å². The van der Waals surface area contributed by atoms with Crippen LogP contribution < -0.4 is 20.7 Å². The molecule has 13 heteroatoms. The third-order valence-corrected chi connectivity index (χ3v) is 5.94. The molecule has 2 unspecified atom stereocenters. The van der Waals surface area contributed by atoms with Crippen LogP contribution in [0, 0.1) is 18.6 Å². The lowest BCUT2D eigenvalue weighted by Crippen LogP contribution is -2.36. The maximum absolute atomic E-state index is 15.2. The Balaban J connectivity index is 1.68. The summed E-state index contributed by atoms with van der Waals surface area (Å²) in [7, 11) is 2.79. The van der Waals surface area contributed by atoms with Crippen molar-refractivity contribution in [3.63, 3.8) is 0 Å². The summed E-state index contributed by atoms with van der Waals surface area (Å²) in [4.78, 5) is 23.3. The zero-order valence-electron chi connectivity index (χ0n) is 20.7. The zero-order chi connectivity index (χ0) is 26.9. The molecule has 1 aliphatic heterocycles. The van der Waals surface area contributed by atoms with Crippen molar-refractivity contribution >= 4 is 33.0 Å². The van der Waals surface area contributed by atoms with Gasteiger partial charge in [0.2, 0.25) is 0 Å². The Morgan fingerprint density at radius 3 is 2.76 bits per heavy atom. The van der Waals surface area contributed by atoms with E-state index in [9.17, 15) is 19.4 Å². The highest BCUT2D eigenvalue weighted by atomic mass is 19.1. The average Bonchev–Trinajstić information content (AvgIpc) is 3.21. The molecule has 3 aromatic rings. The summed E-state index contributed by atoms with van der Waals surface area (Å²) in [5.74, 6) is -2.04. The fraction of sp³-hybridized carbons (Fsp3) is 0.292. The van der Waals surface area contributed by atoms with Gasteiger partial charge in [-0.3, -0.25) is 4.79 Å². The number of aryl methyl sites for hydroxylation is 1. The van der Waals surface area contributed by atoms with Crippen molar-refractivity contribution in [3.8, 4) is 17.1 Å². The van der Waals surface area contributed by atoms with E-state index in [-0.39, 0.29) is 47.2 Å². The Kier molecular flexibility index (Phi) is 7.49. The number of rotatable bonds is 7. The van der Waals surface area contributed by atoms with Crippen LogP contribution in [0.25, 0.3) is 11.4 Å². The maximum Gasteiger partial charge on any atom is 0.274 e. The number of hydrogen-bond acceptors (Lipinski definition) is 8. The van der Waals surface area contributed by atoms with Crippen LogP contribution in [0.4, 0.5) is 20.2 Å². The van der Waals surface area contributed by atoms with E-state index in [0.717, 1.165) is 0 Å². The van der Waals surface area contributed by atoms with E-state index in [2.05, 4.69) is 15.3 Å². The summed E-state index contributed by atoms with van der Waals surface area (Å²) >= 11 is 0. The van der Waals surface area contributed by atoms with Gasteiger partial charge in [0.05, 0.1) is 29.6 Å². The van der Waals surface area contributed by atoms with Gasteiger partial charge in [0.15, 0.2) is 21.5 Å². The molecule has 2 heterocycles. The van der Waals surface area contributed by atoms with Crippen LogP contribution in [-0.2, 0) is 0 Å². The fourth-order valence-electron chi connectivity index (χ4n) is 4.30. The number of ether oxygens (including phenoxy) is 1. The summed E-state index contributed by atoms with van der Waals surface area (Å²) in [6.07, 6.45) is 1.84. The van der Waals surface area contributed by atoms with Crippen molar-refractivity contribution in [3.05, 3.63) is 65.5 Å². The topological polar surface area (TPSA) is 134 Å². The number of nitrogens with zero attached hydrogens (tertiary/aromatic N) is 3. The maximum atomic E-state index is 15.2. The lowest BCUT2D eigenvalue weighted by Gasteiger charge is -2.27. The Bertz CT molecular complexity index is 1320. The number of carbonyl (C=O) groups is 1. The number of anilines is 2.